The maximum atomic E-state index is 11.4. The minimum absolute atomic E-state index is 0.296. The van der Waals surface area contributed by atoms with Gasteiger partial charge in [-0.2, -0.15) is 0 Å². The maximum absolute atomic E-state index is 11.4. The van der Waals surface area contributed by atoms with Gasteiger partial charge < -0.3 is 14.8 Å². The Kier molecular flexibility index (Phi) is 4.93. The molecule has 0 radical (unpaired) electrons. The molecule has 0 spiro atoms. The van der Waals surface area contributed by atoms with Gasteiger partial charge in [0.2, 0.25) is 0 Å². The van der Waals surface area contributed by atoms with Gasteiger partial charge in [0.1, 0.15) is 0 Å². The van der Waals surface area contributed by atoms with Crippen LogP contribution in [-0.4, -0.2) is 32.3 Å². The topological polar surface area (TPSA) is 47.6 Å². The number of methoxy groups -OCH3 is 1. The van der Waals surface area contributed by atoms with E-state index in [2.05, 4.69) is 5.32 Å². The highest BCUT2D eigenvalue weighted by atomic mass is 16.5. The van der Waals surface area contributed by atoms with Crippen LogP contribution in [0.3, 0.4) is 0 Å². The second kappa shape index (κ2) is 6.68. The van der Waals surface area contributed by atoms with Crippen LogP contribution in [0.5, 0.6) is 0 Å². The number of hydrogen-bond acceptors (Lipinski definition) is 4. The first-order chi connectivity index (χ1) is 9.24. The van der Waals surface area contributed by atoms with E-state index in [0.717, 1.165) is 26.0 Å². The number of ether oxygens (including phenoxy) is 2. The van der Waals surface area contributed by atoms with Crippen molar-refractivity contribution in [2.75, 3.05) is 20.3 Å². The van der Waals surface area contributed by atoms with Gasteiger partial charge in [-0.05, 0) is 44.0 Å². The number of nitrogens with one attached hydrogen (secondary N) is 1. The minimum atomic E-state index is -0.296. The highest BCUT2D eigenvalue weighted by molar-refractivity contribution is 5.89. The summed E-state index contributed by atoms with van der Waals surface area (Å²) in [6.07, 6.45) is 2.37. The SMILES string of the molecule is CCO[C@H]1CCN[C@@H](c2ccc(C(=O)OC)cc2)C1. The molecule has 0 unspecified atom stereocenters. The van der Waals surface area contributed by atoms with Gasteiger partial charge >= 0.3 is 5.97 Å². The summed E-state index contributed by atoms with van der Waals surface area (Å²) in [6, 6.07) is 7.90. The number of carbonyl (C=O) groups is 1. The Morgan fingerprint density at radius 2 is 2.11 bits per heavy atom. The minimum Gasteiger partial charge on any atom is -0.465 e. The lowest BCUT2D eigenvalue weighted by Gasteiger charge is -2.30. The molecule has 2 atom stereocenters. The normalized spacial score (nSPS) is 23.1. The average molecular weight is 263 g/mol. The second-order valence-electron chi connectivity index (χ2n) is 4.72. The van der Waals surface area contributed by atoms with Crippen LogP contribution in [0.15, 0.2) is 24.3 Å². The Bertz CT molecular complexity index is 414. The van der Waals surface area contributed by atoms with Crippen LogP contribution >= 0.6 is 0 Å². The van der Waals surface area contributed by atoms with Crippen molar-refractivity contribution < 1.29 is 14.3 Å². The third-order valence-electron chi connectivity index (χ3n) is 3.49. The zero-order valence-electron chi connectivity index (χ0n) is 11.5. The number of esters is 1. The Hall–Kier alpha value is -1.39. The molecule has 0 saturated carbocycles. The van der Waals surface area contributed by atoms with Gasteiger partial charge in [0.05, 0.1) is 18.8 Å². The van der Waals surface area contributed by atoms with Crippen molar-refractivity contribution in [1.82, 2.24) is 5.32 Å². The quantitative estimate of drug-likeness (QED) is 0.847. The first kappa shape index (κ1) is 14.0. The number of hydrogen-bond donors (Lipinski definition) is 1. The van der Waals surface area contributed by atoms with Gasteiger partial charge in [-0.15, -0.1) is 0 Å². The second-order valence-corrected chi connectivity index (χ2v) is 4.72. The Balaban J connectivity index is 2.03. The average Bonchev–Trinajstić information content (AvgIpc) is 2.47. The zero-order chi connectivity index (χ0) is 13.7. The highest BCUT2D eigenvalue weighted by Crippen LogP contribution is 2.25. The summed E-state index contributed by atoms with van der Waals surface area (Å²) < 4.78 is 10.4. The number of piperidine rings is 1. The van der Waals surface area contributed by atoms with Crippen molar-refractivity contribution in [1.29, 1.82) is 0 Å². The van der Waals surface area contributed by atoms with Crippen molar-refractivity contribution in [2.24, 2.45) is 0 Å². The number of benzene rings is 1. The summed E-state index contributed by atoms with van der Waals surface area (Å²) in [4.78, 5) is 11.4. The van der Waals surface area contributed by atoms with E-state index < -0.39 is 0 Å². The first-order valence-electron chi connectivity index (χ1n) is 6.77. The summed E-state index contributed by atoms with van der Waals surface area (Å²) in [5, 5.41) is 3.49. The molecule has 2 rings (SSSR count). The summed E-state index contributed by atoms with van der Waals surface area (Å²) >= 11 is 0. The Morgan fingerprint density at radius 1 is 1.37 bits per heavy atom. The van der Waals surface area contributed by atoms with Crippen LogP contribution in [0.1, 0.15) is 41.7 Å². The zero-order valence-corrected chi connectivity index (χ0v) is 11.5. The van der Waals surface area contributed by atoms with Crippen LogP contribution in [-0.2, 0) is 9.47 Å². The molecule has 0 aromatic heterocycles. The molecule has 1 saturated heterocycles. The van der Waals surface area contributed by atoms with Gasteiger partial charge in [0.15, 0.2) is 0 Å². The van der Waals surface area contributed by atoms with E-state index in [1.807, 2.05) is 31.2 Å². The van der Waals surface area contributed by atoms with E-state index in [9.17, 15) is 4.79 Å². The lowest BCUT2D eigenvalue weighted by atomic mass is 9.95. The summed E-state index contributed by atoms with van der Waals surface area (Å²) in [5.74, 6) is -0.296. The molecular weight excluding hydrogens is 242 g/mol. The van der Waals surface area contributed by atoms with Crippen molar-refractivity contribution in [2.45, 2.75) is 31.9 Å². The van der Waals surface area contributed by atoms with Gasteiger partial charge in [-0.1, -0.05) is 12.1 Å². The van der Waals surface area contributed by atoms with E-state index in [1.165, 1.54) is 12.7 Å². The lowest BCUT2D eigenvalue weighted by molar-refractivity contribution is 0.0297. The molecule has 0 aliphatic carbocycles. The van der Waals surface area contributed by atoms with Gasteiger partial charge in [-0.25, -0.2) is 4.79 Å². The van der Waals surface area contributed by atoms with Crippen LogP contribution in [0, 0.1) is 0 Å². The molecule has 1 aliphatic heterocycles. The van der Waals surface area contributed by atoms with E-state index >= 15 is 0 Å². The Morgan fingerprint density at radius 3 is 2.74 bits per heavy atom. The van der Waals surface area contributed by atoms with E-state index in [1.54, 1.807) is 0 Å². The first-order valence-corrected chi connectivity index (χ1v) is 6.77. The standard InChI is InChI=1S/C15H21NO3/c1-3-19-13-8-9-16-14(10-13)11-4-6-12(7-5-11)15(17)18-2/h4-7,13-14,16H,3,8-10H2,1-2H3/t13-,14+/m0/s1. The maximum Gasteiger partial charge on any atom is 0.337 e. The predicted octanol–water partition coefficient (Wildman–Crippen LogP) is 2.30. The highest BCUT2D eigenvalue weighted by Gasteiger charge is 2.23. The molecule has 1 aliphatic rings. The van der Waals surface area contributed by atoms with Crippen molar-refractivity contribution in [3.63, 3.8) is 0 Å². The van der Waals surface area contributed by atoms with Crippen molar-refractivity contribution >= 4 is 5.97 Å². The number of rotatable bonds is 4. The summed E-state index contributed by atoms with van der Waals surface area (Å²) in [7, 11) is 1.39. The smallest absolute Gasteiger partial charge is 0.337 e. The largest absolute Gasteiger partial charge is 0.465 e. The summed E-state index contributed by atoms with van der Waals surface area (Å²) in [5.41, 5.74) is 1.78. The van der Waals surface area contributed by atoms with Gasteiger partial charge in [0, 0.05) is 12.6 Å². The molecule has 104 valence electrons. The predicted molar refractivity (Wildman–Crippen MR) is 73.2 cm³/mol. The molecule has 1 aromatic carbocycles. The van der Waals surface area contributed by atoms with Crippen LogP contribution in [0.4, 0.5) is 0 Å². The molecule has 1 aromatic rings. The van der Waals surface area contributed by atoms with Crippen molar-refractivity contribution in [3.8, 4) is 0 Å². The summed E-state index contributed by atoms with van der Waals surface area (Å²) in [6.45, 7) is 3.76. The Labute approximate surface area is 114 Å². The van der Waals surface area contributed by atoms with Crippen molar-refractivity contribution in [3.05, 3.63) is 35.4 Å². The third kappa shape index (κ3) is 3.55. The molecular formula is C15H21NO3. The molecule has 0 bridgehead atoms. The molecule has 1 N–H and O–H groups in total. The van der Waals surface area contributed by atoms with E-state index in [4.69, 9.17) is 9.47 Å². The van der Waals surface area contributed by atoms with Crippen LogP contribution in [0.2, 0.25) is 0 Å². The molecule has 4 heteroatoms. The monoisotopic (exact) mass is 263 g/mol. The van der Waals surface area contributed by atoms with Gasteiger partial charge in [0.25, 0.3) is 0 Å². The fraction of sp³-hybridized carbons (Fsp3) is 0.533. The molecule has 1 heterocycles. The van der Waals surface area contributed by atoms with Gasteiger partial charge in [-0.3, -0.25) is 0 Å². The third-order valence-corrected chi connectivity index (χ3v) is 3.49. The van der Waals surface area contributed by atoms with E-state index in [0.29, 0.717) is 17.7 Å². The molecule has 1 fully saturated rings. The molecule has 0 amide bonds. The fourth-order valence-electron chi connectivity index (χ4n) is 2.49. The molecule has 19 heavy (non-hydrogen) atoms. The fourth-order valence-corrected chi connectivity index (χ4v) is 2.49. The lowest BCUT2D eigenvalue weighted by Crippen LogP contribution is -2.35. The van der Waals surface area contributed by atoms with Crippen LogP contribution < -0.4 is 5.32 Å². The van der Waals surface area contributed by atoms with E-state index in [-0.39, 0.29) is 5.97 Å². The number of carbonyl (C=O) groups excluding carboxylic acids is 1. The van der Waals surface area contributed by atoms with Crippen LogP contribution in [0.25, 0.3) is 0 Å². The molecule has 4 nitrogen and oxygen atoms in total.